The number of nitrogens with one attached hydrogen (secondary N) is 1. The molecule has 2 aliphatic rings. The van der Waals surface area contributed by atoms with Gasteiger partial charge >= 0.3 is 0 Å². The standard InChI is InChI=1S/C36H35ClN6O3/c1-36(19-33(44)41-15-11-26(12-16-41)32-8-7-27(22-43(32)46)25-5-3-2-4-6-25)18-28-17-31(37)34-29(20-39-40-34)30(28)23-42(35(36)45)21-24-9-13-38-14-10-24/h2-10,13-14,17,20,22,26H,11-12,15-16,18-19,21,23H2,1H3,(H,39,40). The minimum absolute atomic E-state index is 0.0495. The number of carbonyl (C=O) groups is 2. The van der Waals surface area contributed by atoms with Gasteiger partial charge in [-0.15, -0.1) is 0 Å². The lowest BCUT2D eigenvalue weighted by Gasteiger charge is -2.36. The summed E-state index contributed by atoms with van der Waals surface area (Å²) in [5.74, 6) is -0.0577. The third-order valence-corrected chi connectivity index (χ3v) is 9.90. The monoisotopic (exact) mass is 634 g/mol. The van der Waals surface area contributed by atoms with E-state index in [-0.39, 0.29) is 24.2 Å². The number of aromatic amines is 1. The van der Waals surface area contributed by atoms with Gasteiger partial charge in [-0.25, -0.2) is 0 Å². The largest absolute Gasteiger partial charge is 0.618 e. The summed E-state index contributed by atoms with van der Waals surface area (Å²) in [6, 6.07) is 19.5. The smallest absolute Gasteiger partial charge is 0.229 e. The number of fused-ring (bicyclic) bond motifs is 3. The molecule has 10 heteroatoms. The molecule has 0 saturated carbocycles. The Kier molecular flexibility index (Phi) is 7.94. The first-order chi connectivity index (χ1) is 22.3. The van der Waals surface area contributed by atoms with Gasteiger partial charge in [0.25, 0.3) is 0 Å². The predicted molar refractivity (Wildman–Crippen MR) is 175 cm³/mol. The molecule has 9 nitrogen and oxygen atoms in total. The number of pyridine rings is 2. The molecule has 1 saturated heterocycles. The summed E-state index contributed by atoms with van der Waals surface area (Å²) in [6.45, 7) is 3.75. The number of nitrogens with zero attached hydrogens (tertiary/aromatic N) is 5. The van der Waals surface area contributed by atoms with Crippen LogP contribution < -0.4 is 4.73 Å². The Morgan fingerprint density at radius 1 is 1.09 bits per heavy atom. The van der Waals surface area contributed by atoms with Crippen LogP contribution in [-0.2, 0) is 29.1 Å². The van der Waals surface area contributed by atoms with Gasteiger partial charge in [-0.3, -0.25) is 19.7 Å². The number of likely N-dealkylation sites (tertiary alicyclic amines) is 1. The van der Waals surface area contributed by atoms with E-state index in [9.17, 15) is 14.8 Å². The minimum Gasteiger partial charge on any atom is -0.618 e. The van der Waals surface area contributed by atoms with Crippen molar-refractivity contribution in [2.45, 2.75) is 51.6 Å². The van der Waals surface area contributed by atoms with Gasteiger partial charge in [0.1, 0.15) is 0 Å². The van der Waals surface area contributed by atoms with Gasteiger partial charge in [0.15, 0.2) is 11.9 Å². The SMILES string of the molecule is CC1(CC(=O)N2CCC(c3ccc(-c4ccccc4)c[n+]3[O-])CC2)Cc2cc(Cl)c3[nH]ncc3c2CN(Cc2ccncc2)C1=O. The van der Waals surface area contributed by atoms with E-state index >= 15 is 0 Å². The van der Waals surface area contributed by atoms with Crippen molar-refractivity contribution < 1.29 is 14.3 Å². The molecule has 1 unspecified atom stereocenters. The summed E-state index contributed by atoms with van der Waals surface area (Å²) in [5, 5.41) is 21.7. The van der Waals surface area contributed by atoms with E-state index in [1.165, 1.54) is 0 Å². The average Bonchev–Trinajstić information content (AvgIpc) is 3.54. The van der Waals surface area contributed by atoms with Crippen LogP contribution in [0.2, 0.25) is 5.02 Å². The van der Waals surface area contributed by atoms with Crippen LogP contribution in [0.4, 0.5) is 0 Å². The van der Waals surface area contributed by atoms with Gasteiger partial charge in [0.05, 0.1) is 22.2 Å². The highest BCUT2D eigenvalue weighted by Gasteiger charge is 2.43. The first-order valence-corrected chi connectivity index (χ1v) is 16.0. The molecule has 0 spiro atoms. The number of H-pyrrole nitrogens is 1. The van der Waals surface area contributed by atoms with Crippen LogP contribution in [0, 0.1) is 10.6 Å². The van der Waals surface area contributed by atoms with Crippen molar-refractivity contribution in [1.82, 2.24) is 25.0 Å². The Labute approximate surface area is 272 Å². The highest BCUT2D eigenvalue weighted by Crippen LogP contribution is 2.40. The van der Waals surface area contributed by atoms with Crippen LogP contribution in [0.25, 0.3) is 22.0 Å². The normalized spacial score (nSPS) is 18.9. The van der Waals surface area contributed by atoms with Gasteiger partial charge in [-0.1, -0.05) is 41.9 Å². The van der Waals surface area contributed by atoms with Gasteiger partial charge in [0.2, 0.25) is 11.8 Å². The van der Waals surface area contributed by atoms with Crippen LogP contribution in [0.1, 0.15) is 54.5 Å². The summed E-state index contributed by atoms with van der Waals surface area (Å²) < 4.78 is 0.979. The van der Waals surface area contributed by atoms with Crippen molar-refractivity contribution in [3.05, 3.63) is 118 Å². The quantitative estimate of drug-likeness (QED) is 0.188. The fraction of sp³-hybridized carbons (Fsp3) is 0.306. The molecule has 1 atom stereocenters. The van der Waals surface area contributed by atoms with Crippen molar-refractivity contribution in [2.24, 2.45) is 5.41 Å². The van der Waals surface area contributed by atoms with Crippen molar-refractivity contribution in [2.75, 3.05) is 13.1 Å². The van der Waals surface area contributed by atoms with E-state index < -0.39 is 5.41 Å². The van der Waals surface area contributed by atoms with Gasteiger partial charge in [-0.2, -0.15) is 9.83 Å². The Balaban J connectivity index is 1.10. The third kappa shape index (κ3) is 5.71. The molecule has 46 heavy (non-hydrogen) atoms. The molecular formula is C36H35ClN6O3. The van der Waals surface area contributed by atoms with Crippen LogP contribution in [0.15, 0.2) is 85.5 Å². The molecule has 5 heterocycles. The van der Waals surface area contributed by atoms with E-state index in [1.54, 1.807) is 24.8 Å². The first kappa shape index (κ1) is 29.9. The molecule has 0 aliphatic carbocycles. The molecule has 7 rings (SSSR count). The zero-order valence-corrected chi connectivity index (χ0v) is 26.4. The molecule has 1 N–H and O–H groups in total. The topological polar surface area (TPSA) is 109 Å². The summed E-state index contributed by atoms with van der Waals surface area (Å²) >= 11 is 6.65. The zero-order chi connectivity index (χ0) is 31.8. The second-order valence-electron chi connectivity index (χ2n) is 12.8. The minimum atomic E-state index is -0.974. The second kappa shape index (κ2) is 12.2. The number of piperidine rings is 1. The van der Waals surface area contributed by atoms with Gasteiger partial charge in [-0.05, 0) is 72.7 Å². The Bertz CT molecular complexity index is 1910. The number of hydrogen-bond acceptors (Lipinski definition) is 5. The van der Waals surface area contributed by atoms with Crippen LogP contribution >= 0.6 is 11.6 Å². The lowest BCUT2D eigenvalue weighted by Crippen LogP contribution is -2.46. The highest BCUT2D eigenvalue weighted by atomic mass is 35.5. The number of halogens is 1. The molecular weight excluding hydrogens is 600 g/mol. The molecule has 2 amide bonds. The maximum absolute atomic E-state index is 14.4. The van der Waals surface area contributed by atoms with E-state index in [1.807, 2.05) is 77.4 Å². The number of rotatable bonds is 6. The second-order valence-corrected chi connectivity index (χ2v) is 13.2. The first-order valence-electron chi connectivity index (χ1n) is 15.7. The predicted octanol–water partition coefficient (Wildman–Crippen LogP) is 5.80. The fourth-order valence-electron chi connectivity index (χ4n) is 7.12. The summed E-state index contributed by atoms with van der Waals surface area (Å²) in [4.78, 5) is 36.1. The van der Waals surface area contributed by atoms with E-state index in [2.05, 4.69) is 15.2 Å². The lowest BCUT2D eigenvalue weighted by atomic mass is 9.78. The molecule has 2 aromatic carbocycles. The Hall–Kier alpha value is -4.76. The summed E-state index contributed by atoms with van der Waals surface area (Å²) in [6.07, 6.45) is 8.69. The maximum atomic E-state index is 14.4. The summed E-state index contributed by atoms with van der Waals surface area (Å²) in [5.41, 5.74) is 5.29. The molecule has 1 fully saturated rings. The van der Waals surface area contributed by atoms with E-state index in [4.69, 9.17) is 11.6 Å². The molecule has 3 aromatic heterocycles. The zero-order valence-electron chi connectivity index (χ0n) is 25.7. The Morgan fingerprint density at radius 3 is 2.59 bits per heavy atom. The number of benzene rings is 2. The van der Waals surface area contributed by atoms with E-state index in [0.717, 1.165) is 49.1 Å². The van der Waals surface area contributed by atoms with Crippen molar-refractivity contribution in [3.8, 4) is 11.1 Å². The molecule has 2 aliphatic heterocycles. The Morgan fingerprint density at radius 2 is 1.85 bits per heavy atom. The molecule has 234 valence electrons. The van der Waals surface area contributed by atoms with E-state index in [0.29, 0.717) is 50.5 Å². The van der Waals surface area contributed by atoms with Crippen molar-refractivity contribution >= 4 is 34.3 Å². The number of amides is 2. The number of aromatic nitrogens is 4. The average molecular weight is 635 g/mol. The lowest BCUT2D eigenvalue weighted by molar-refractivity contribution is -0.615. The molecule has 5 aromatic rings. The number of hydrogen-bond donors (Lipinski definition) is 1. The van der Waals surface area contributed by atoms with Crippen molar-refractivity contribution in [1.29, 1.82) is 0 Å². The fourth-order valence-corrected chi connectivity index (χ4v) is 7.40. The summed E-state index contributed by atoms with van der Waals surface area (Å²) in [7, 11) is 0. The molecule has 0 radical (unpaired) electrons. The van der Waals surface area contributed by atoms with Gasteiger partial charge in [0, 0.05) is 67.9 Å². The third-order valence-electron chi connectivity index (χ3n) is 9.61. The molecule has 0 bridgehead atoms. The maximum Gasteiger partial charge on any atom is 0.229 e. The van der Waals surface area contributed by atoms with Crippen LogP contribution in [0.3, 0.4) is 0 Å². The highest BCUT2D eigenvalue weighted by molar-refractivity contribution is 6.35. The van der Waals surface area contributed by atoms with Crippen LogP contribution in [0.5, 0.6) is 0 Å². The number of carbonyl (C=O) groups excluding carboxylic acids is 2. The van der Waals surface area contributed by atoms with Crippen LogP contribution in [-0.4, -0.2) is 49.9 Å². The van der Waals surface area contributed by atoms with Crippen molar-refractivity contribution in [3.63, 3.8) is 0 Å². The van der Waals surface area contributed by atoms with Gasteiger partial charge < -0.3 is 15.0 Å².